The number of carbonyl (C=O) groups is 2. The van der Waals surface area contributed by atoms with Gasteiger partial charge in [0.05, 0.1) is 12.3 Å². The number of rotatable bonds is 27. The van der Waals surface area contributed by atoms with E-state index in [1.54, 1.807) is 0 Å². The fourth-order valence-electron chi connectivity index (χ4n) is 4.60. The van der Waals surface area contributed by atoms with E-state index in [-0.39, 0.29) is 13.0 Å². The molecule has 204 valence electrons. The molecule has 4 nitrogen and oxygen atoms in total. The quantitative estimate of drug-likeness (QED) is 0.0704. The monoisotopic (exact) mass is 492 g/mol. The lowest BCUT2D eigenvalue weighted by Crippen LogP contribution is -2.21. The molecule has 0 amide bonds. The standard InChI is InChI=1S/C31H56O4/c1-3-5-6-7-8-9-10-11-12-13-14-15-16-17-18-19-20-21-22-23-24-25-26-29(28-30(32)33)31(34)35-27-4-2/h3-5,29H,2,6-28H2,1H3,(H,32,33)/b5-3+. The van der Waals surface area contributed by atoms with Gasteiger partial charge in [-0.3, -0.25) is 9.59 Å². The minimum Gasteiger partial charge on any atom is -0.481 e. The van der Waals surface area contributed by atoms with Gasteiger partial charge in [0.25, 0.3) is 0 Å². The highest BCUT2D eigenvalue weighted by atomic mass is 16.5. The molecule has 4 heteroatoms. The largest absolute Gasteiger partial charge is 0.481 e. The van der Waals surface area contributed by atoms with Crippen LogP contribution in [0, 0.1) is 5.92 Å². The van der Waals surface area contributed by atoms with E-state index < -0.39 is 17.9 Å². The maximum Gasteiger partial charge on any atom is 0.309 e. The van der Waals surface area contributed by atoms with Gasteiger partial charge in [-0.2, -0.15) is 0 Å². The van der Waals surface area contributed by atoms with E-state index in [0.717, 1.165) is 19.3 Å². The Labute approximate surface area is 217 Å². The normalized spacial score (nSPS) is 12.1. The summed E-state index contributed by atoms with van der Waals surface area (Å²) in [5.41, 5.74) is 0. The lowest BCUT2D eigenvalue weighted by Gasteiger charge is -2.13. The Morgan fingerprint density at radius 1 is 0.714 bits per heavy atom. The topological polar surface area (TPSA) is 63.6 Å². The highest BCUT2D eigenvalue weighted by Gasteiger charge is 2.22. The predicted octanol–water partition coefficient (Wildman–Crippen LogP) is 9.57. The van der Waals surface area contributed by atoms with Crippen molar-refractivity contribution < 1.29 is 19.4 Å². The molecule has 0 aliphatic carbocycles. The van der Waals surface area contributed by atoms with Gasteiger partial charge in [-0.25, -0.2) is 0 Å². The van der Waals surface area contributed by atoms with Crippen molar-refractivity contribution in [1.29, 1.82) is 0 Å². The molecule has 0 heterocycles. The fourth-order valence-corrected chi connectivity index (χ4v) is 4.60. The van der Waals surface area contributed by atoms with E-state index in [1.165, 1.54) is 115 Å². The van der Waals surface area contributed by atoms with Crippen molar-refractivity contribution in [3.8, 4) is 0 Å². The third kappa shape index (κ3) is 25.3. The van der Waals surface area contributed by atoms with Crippen molar-refractivity contribution in [2.24, 2.45) is 5.92 Å². The molecular weight excluding hydrogens is 436 g/mol. The zero-order valence-corrected chi connectivity index (χ0v) is 23.0. The fraction of sp³-hybridized carbons (Fsp3) is 0.806. The summed E-state index contributed by atoms with van der Waals surface area (Å²) >= 11 is 0. The summed E-state index contributed by atoms with van der Waals surface area (Å²) in [5.74, 6) is -1.88. The number of aliphatic carboxylic acids is 1. The summed E-state index contributed by atoms with van der Waals surface area (Å²) in [6, 6.07) is 0. The molecular formula is C31H56O4. The molecule has 0 saturated heterocycles. The minimum atomic E-state index is -0.942. The molecule has 0 spiro atoms. The van der Waals surface area contributed by atoms with Crippen LogP contribution in [0.3, 0.4) is 0 Å². The lowest BCUT2D eigenvalue weighted by atomic mass is 9.97. The summed E-state index contributed by atoms with van der Waals surface area (Å²) in [4.78, 5) is 22.9. The summed E-state index contributed by atoms with van der Waals surface area (Å²) < 4.78 is 5.03. The smallest absolute Gasteiger partial charge is 0.309 e. The Morgan fingerprint density at radius 3 is 1.49 bits per heavy atom. The molecule has 0 aromatic rings. The molecule has 0 aliphatic rings. The zero-order valence-electron chi connectivity index (χ0n) is 23.0. The lowest BCUT2D eigenvalue weighted by molar-refractivity contribution is -0.152. The summed E-state index contributed by atoms with van der Waals surface area (Å²) in [5, 5.41) is 9.01. The third-order valence-electron chi connectivity index (χ3n) is 6.76. The van der Waals surface area contributed by atoms with E-state index in [9.17, 15) is 9.59 Å². The number of carboxylic acid groups (broad SMARTS) is 1. The number of allylic oxidation sites excluding steroid dienone is 2. The maximum absolute atomic E-state index is 12.0. The maximum atomic E-state index is 12.0. The van der Waals surface area contributed by atoms with Crippen molar-refractivity contribution in [3.63, 3.8) is 0 Å². The van der Waals surface area contributed by atoms with Gasteiger partial charge in [0.15, 0.2) is 0 Å². The van der Waals surface area contributed by atoms with Gasteiger partial charge in [0.2, 0.25) is 0 Å². The van der Waals surface area contributed by atoms with Gasteiger partial charge in [0, 0.05) is 0 Å². The van der Waals surface area contributed by atoms with Crippen LogP contribution in [0.4, 0.5) is 0 Å². The second kappa shape index (κ2) is 27.0. The van der Waals surface area contributed by atoms with Crippen LogP contribution in [0.25, 0.3) is 0 Å². The number of ether oxygens (including phenoxy) is 1. The van der Waals surface area contributed by atoms with Crippen LogP contribution in [-0.2, 0) is 14.3 Å². The van der Waals surface area contributed by atoms with E-state index in [4.69, 9.17) is 9.84 Å². The van der Waals surface area contributed by atoms with Gasteiger partial charge >= 0.3 is 11.9 Å². The van der Waals surface area contributed by atoms with Gasteiger partial charge in [-0.15, -0.1) is 0 Å². The summed E-state index contributed by atoms with van der Waals surface area (Å²) in [6.45, 7) is 5.77. The van der Waals surface area contributed by atoms with Crippen LogP contribution in [-0.4, -0.2) is 23.7 Å². The number of carbonyl (C=O) groups excluding carboxylic acids is 1. The van der Waals surface area contributed by atoms with E-state index in [2.05, 4.69) is 25.7 Å². The number of esters is 1. The van der Waals surface area contributed by atoms with Crippen molar-refractivity contribution in [2.45, 2.75) is 148 Å². The number of carboxylic acids is 1. The highest BCUT2D eigenvalue weighted by molar-refractivity contribution is 5.79. The second-order valence-corrected chi connectivity index (χ2v) is 10.1. The van der Waals surface area contributed by atoms with Crippen molar-refractivity contribution in [3.05, 3.63) is 24.8 Å². The van der Waals surface area contributed by atoms with Gasteiger partial charge in [-0.1, -0.05) is 140 Å². The first-order chi connectivity index (χ1) is 17.1. The first-order valence-electron chi connectivity index (χ1n) is 14.7. The number of unbranched alkanes of at least 4 members (excludes halogenated alkanes) is 19. The van der Waals surface area contributed by atoms with Crippen LogP contribution in [0.5, 0.6) is 0 Å². The number of hydrogen-bond acceptors (Lipinski definition) is 3. The third-order valence-corrected chi connectivity index (χ3v) is 6.76. The molecule has 1 atom stereocenters. The highest BCUT2D eigenvalue weighted by Crippen LogP contribution is 2.18. The Hall–Kier alpha value is -1.58. The van der Waals surface area contributed by atoms with E-state index in [0.29, 0.717) is 6.42 Å². The first-order valence-corrected chi connectivity index (χ1v) is 14.7. The molecule has 0 bridgehead atoms. The molecule has 0 radical (unpaired) electrons. The van der Waals surface area contributed by atoms with Crippen LogP contribution in [0.2, 0.25) is 0 Å². The summed E-state index contributed by atoms with van der Waals surface area (Å²) in [7, 11) is 0. The van der Waals surface area contributed by atoms with Crippen molar-refractivity contribution in [2.75, 3.05) is 6.61 Å². The van der Waals surface area contributed by atoms with Crippen molar-refractivity contribution in [1.82, 2.24) is 0 Å². The average Bonchev–Trinajstić information content (AvgIpc) is 2.84. The average molecular weight is 493 g/mol. The molecule has 0 aromatic heterocycles. The SMILES string of the molecule is C=CCOC(=O)C(CCCCCCCCCCCCCCCCCCCCC/C=C/C)CC(=O)O. The molecule has 0 rings (SSSR count). The molecule has 0 fully saturated rings. The Bertz CT molecular complexity index is 526. The van der Waals surface area contributed by atoms with Crippen LogP contribution >= 0.6 is 0 Å². The first kappa shape index (κ1) is 33.4. The van der Waals surface area contributed by atoms with Crippen LogP contribution in [0.15, 0.2) is 24.8 Å². The van der Waals surface area contributed by atoms with E-state index >= 15 is 0 Å². The molecule has 0 saturated carbocycles. The van der Waals surface area contributed by atoms with Crippen molar-refractivity contribution >= 4 is 11.9 Å². The molecule has 1 N–H and O–H groups in total. The molecule has 0 aliphatic heterocycles. The number of hydrogen-bond donors (Lipinski definition) is 1. The van der Waals surface area contributed by atoms with E-state index in [1.807, 2.05) is 0 Å². The van der Waals surface area contributed by atoms with Crippen LogP contribution < -0.4 is 0 Å². The second-order valence-electron chi connectivity index (χ2n) is 10.1. The molecule has 0 aromatic carbocycles. The Morgan fingerprint density at radius 2 is 1.11 bits per heavy atom. The predicted molar refractivity (Wildman–Crippen MR) is 149 cm³/mol. The van der Waals surface area contributed by atoms with Crippen LogP contribution in [0.1, 0.15) is 148 Å². The Balaban J connectivity index is 3.37. The minimum absolute atomic E-state index is 0.145. The van der Waals surface area contributed by atoms with Gasteiger partial charge in [-0.05, 0) is 26.2 Å². The van der Waals surface area contributed by atoms with Gasteiger partial charge in [0.1, 0.15) is 6.61 Å². The Kier molecular flexibility index (Phi) is 25.8. The summed E-state index contributed by atoms with van der Waals surface area (Å²) in [6.07, 6.45) is 32.8. The molecule has 1 unspecified atom stereocenters. The zero-order chi connectivity index (χ0) is 25.8. The van der Waals surface area contributed by atoms with Gasteiger partial charge < -0.3 is 9.84 Å². The molecule has 35 heavy (non-hydrogen) atoms.